The summed E-state index contributed by atoms with van der Waals surface area (Å²) in [6, 6.07) is 15.9. The number of benzene rings is 2. The van der Waals surface area contributed by atoms with Crippen LogP contribution in [0.5, 0.6) is 5.75 Å². The van der Waals surface area contributed by atoms with Crippen LogP contribution in [-0.2, 0) is 22.6 Å². The van der Waals surface area contributed by atoms with Crippen LogP contribution in [0.3, 0.4) is 0 Å². The van der Waals surface area contributed by atoms with Gasteiger partial charge >= 0.3 is 0 Å². The molecule has 1 heterocycles. The summed E-state index contributed by atoms with van der Waals surface area (Å²) in [6.45, 7) is 13.7. The van der Waals surface area contributed by atoms with Gasteiger partial charge in [-0.25, -0.2) is 0 Å². The molecule has 1 atom stereocenters. The quantitative estimate of drug-likeness (QED) is 0.299. The topological polar surface area (TPSA) is 65.6 Å². The van der Waals surface area contributed by atoms with Crippen LogP contribution in [0, 0.1) is 11.3 Å². The predicted octanol–water partition coefficient (Wildman–Crippen LogP) is 6.45. The number of carbonyl (C=O) groups excluding carboxylic acids is 2. The van der Waals surface area contributed by atoms with E-state index in [1.165, 1.54) is 10.9 Å². The van der Waals surface area contributed by atoms with Crippen molar-refractivity contribution in [2.24, 2.45) is 11.3 Å². The Labute approximate surface area is 228 Å². The highest BCUT2D eigenvalue weighted by atomic mass is 16.5. The van der Waals surface area contributed by atoms with Gasteiger partial charge in [-0.05, 0) is 55.7 Å². The molecule has 0 saturated carbocycles. The van der Waals surface area contributed by atoms with Crippen molar-refractivity contribution in [1.82, 2.24) is 14.8 Å². The van der Waals surface area contributed by atoms with Crippen molar-refractivity contribution in [3.63, 3.8) is 0 Å². The summed E-state index contributed by atoms with van der Waals surface area (Å²) < 4.78 is 5.57. The molecular weight excluding hydrogens is 474 g/mol. The Bertz CT molecular complexity index is 1210. The normalized spacial score (nSPS) is 12.5. The lowest BCUT2D eigenvalue weighted by molar-refractivity contribution is -0.143. The number of ether oxygens (including phenoxy) is 1. The Morgan fingerprint density at radius 2 is 1.63 bits per heavy atom. The lowest BCUT2D eigenvalue weighted by atomic mass is 9.84. The maximum atomic E-state index is 13.8. The van der Waals surface area contributed by atoms with Crippen LogP contribution >= 0.6 is 0 Å². The van der Waals surface area contributed by atoms with Crippen LogP contribution in [0.2, 0.25) is 0 Å². The number of nitrogens with zero attached hydrogens (tertiary/aromatic N) is 2. The van der Waals surface area contributed by atoms with Crippen molar-refractivity contribution in [2.75, 3.05) is 20.2 Å². The van der Waals surface area contributed by atoms with Gasteiger partial charge in [0.05, 0.1) is 13.7 Å². The highest BCUT2D eigenvalue weighted by Crippen LogP contribution is 2.27. The van der Waals surface area contributed by atoms with Crippen molar-refractivity contribution in [3.8, 4) is 5.75 Å². The molecule has 0 bridgehead atoms. The van der Waals surface area contributed by atoms with Crippen LogP contribution in [-0.4, -0.2) is 52.8 Å². The summed E-state index contributed by atoms with van der Waals surface area (Å²) in [5.74, 6) is 0.996. The smallest absolute Gasteiger partial charge is 0.242 e. The summed E-state index contributed by atoms with van der Waals surface area (Å²) in [6.07, 6.45) is 4.15. The number of nitrogens with one attached hydrogen (secondary N) is 1. The van der Waals surface area contributed by atoms with Gasteiger partial charge in [0.1, 0.15) is 5.75 Å². The number of hydrogen-bond acceptors (Lipinski definition) is 3. The highest BCUT2D eigenvalue weighted by molar-refractivity contribution is 5.86. The van der Waals surface area contributed by atoms with Crippen molar-refractivity contribution < 1.29 is 14.3 Å². The molecule has 1 unspecified atom stereocenters. The van der Waals surface area contributed by atoms with E-state index in [-0.39, 0.29) is 35.7 Å². The fourth-order valence-electron chi connectivity index (χ4n) is 5.26. The second-order valence-corrected chi connectivity index (χ2v) is 11.9. The van der Waals surface area contributed by atoms with Gasteiger partial charge in [-0.15, -0.1) is 0 Å². The number of rotatable bonds is 12. The molecule has 2 amide bonds. The molecule has 1 N–H and O–H groups in total. The van der Waals surface area contributed by atoms with Gasteiger partial charge in [0, 0.05) is 48.2 Å². The molecule has 3 rings (SSSR count). The minimum absolute atomic E-state index is 0.0407. The van der Waals surface area contributed by atoms with E-state index in [1.807, 2.05) is 61.3 Å². The van der Waals surface area contributed by atoms with E-state index in [4.69, 9.17) is 4.74 Å². The predicted molar refractivity (Wildman–Crippen MR) is 155 cm³/mol. The van der Waals surface area contributed by atoms with Gasteiger partial charge in [0.25, 0.3) is 0 Å². The Hall–Kier alpha value is -3.28. The van der Waals surface area contributed by atoms with Gasteiger partial charge in [0.2, 0.25) is 11.8 Å². The maximum Gasteiger partial charge on any atom is 0.242 e. The molecule has 0 aliphatic carbocycles. The first-order chi connectivity index (χ1) is 18.0. The Morgan fingerprint density at radius 1 is 0.947 bits per heavy atom. The van der Waals surface area contributed by atoms with Crippen LogP contribution < -0.4 is 4.74 Å². The van der Waals surface area contributed by atoms with Crippen LogP contribution in [0.1, 0.15) is 65.5 Å². The minimum Gasteiger partial charge on any atom is -0.496 e. The van der Waals surface area contributed by atoms with Crippen molar-refractivity contribution in [3.05, 3.63) is 65.9 Å². The first-order valence-corrected chi connectivity index (χ1v) is 13.7. The van der Waals surface area contributed by atoms with Gasteiger partial charge in [-0.3, -0.25) is 9.59 Å². The zero-order chi connectivity index (χ0) is 27.9. The number of methoxy groups -OCH3 is 1. The lowest BCUT2D eigenvalue weighted by Crippen LogP contribution is -2.46. The minimum atomic E-state index is -0.0602. The standard InChI is InChI=1S/C32H45N3O3/c1-23(2)35(30(36)18-24(3)19-32(4,5)6)22-31(37)34(21-26-12-8-11-15-29(26)38-7)17-16-25-20-33-28-14-10-9-13-27(25)28/h8-15,20,23-24,33H,16-19,21-22H2,1-7H3. The lowest BCUT2D eigenvalue weighted by Gasteiger charge is -2.32. The van der Waals surface area contributed by atoms with Gasteiger partial charge in [0.15, 0.2) is 0 Å². The zero-order valence-corrected chi connectivity index (χ0v) is 24.2. The summed E-state index contributed by atoms with van der Waals surface area (Å²) in [5.41, 5.74) is 3.37. The Morgan fingerprint density at radius 3 is 2.32 bits per heavy atom. The van der Waals surface area contributed by atoms with Gasteiger partial charge < -0.3 is 19.5 Å². The van der Waals surface area contributed by atoms with Crippen LogP contribution in [0.4, 0.5) is 0 Å². The maximum absolute atomic E-state index is 13.8. The Kier molecular flexibility index (Phi) is 10.0. The SMILES string of the molecule is COc1ccccc1CN(CCc1c[nH]c2ccccc12)C(=O)CN(C(=O)CC(C)CC(C)(C)C)C(C)C. The molecule has 6 heteroatoms. The third-order valence-corrected chi connectivity index (χ3v) is 6.97. The third-order valence-electron chi connectivity index (χ3n) is 6.97. The first-order valence-electron chi connectivity index (χ1n) is 13.7. The van der Waals surface area contributed by atoms with E-state index in [1.54, 1.807) is 12.0 Å². The van der Waals surface area contributed by atoms with Gasteiger partial charge in [-0.2, -0.15) is 0 Å². The molecule has 206 valence electrons. The second kappa shape index (κ2) is 13.0. The number of fused-ring (bicyclic) bond motifs is 1. The molecule has 0 radical (unpaired) electrons. The van der Waals surface area contributed by atoms with Crippen molar-refractivity contribution >= 4 is 22.7 Å². The average molecular weight is 520 g/mol. The number of aromatic nitrogens is 1. The highest BCUT2D eigenvalue weighted by Gasteiger charge is 2.26. The van der Waals surface area contributed by atoms with Gasteiger partial charge in [-0.1, -0.05) is 64.1 Å². The summed E-state index contributed by atoms with van der Waals surface area (Å²) in [4.78, 5) is 34.0. The molecule has 0 fully saturated rings. The molecule has 1 aromatic heterocycles. The summed E-state index contributed by atoms with van der Waals surface area (Å²) >= 11 is 0. The number of carbonyl (C=O) groups is 2. The van der Waals surface area contributed by atoms with Crippen LogP contribution in [0.15, 0.2) is 54.7 Å². The third kappa shape index (κ3) is 8.11. The molecule has 2 aromatic carbocycles. The van der Waals surface area contributed by atoms with E-state index < -0.39 is 0 Å². The van der Waals surface area contributed by atoms with E-state index in [0.29, 0.717) is 25.9 Å². The second-order valence-electron chi connectivity index (χ2n) is 11.9. The largest absolute Gasteiger partial charge is 0.496 e. The summed E-state index contributed by atoms with van der Waals surface area (Å²) in [7, 11) is 1.65. The number of amides is 2. The van der Waals surface area contributed by atoms with E-state index in [2.05, 4.69) is 44.8 Å². The zero-order valence-electron chi connectivity index (χ0n) is 24.2. The number of para-hydroxylation sites is 2. The molecule has 38 heavy (non-hydrogen) atoms. The summed E-state index contributed by atoms with van der Waals surface area (Å²) in [5, 5.41) is 1.17. The number of hydrogen-bond donors (Lipinski definition) is 1. The molecule has 6 nitrogen and oxygen atoms in total. The molecule has 0 saturated heterocycles. The van der Waals surface area contributed by atoms with Crippen molar-refractivity contribution in [2.45, 2.75) is 73.4 Å². The number of H-pyrrole nitrogens is 1. The molecule has 0 aliphatic heterocycles. The fourth-order valence-corrected chi connectivity index (χ4v) is 5.26. The molecule has 0 spiro atoms. The van der Waals surface area contributed by atoms with Crippen molar-refractivity contribution in [1.29, 1.82) is 0 Å². The molecule has 0 aliphatic rings. The Balaban J connectivity index is 1.79. The molecule has 3 aromatic rings. The van der Waals surface area contributed by atoms with Crippen LogP contribution in [0.25, 0.3) is 10.9 Å². The molecular formula is C32H45N3O3. The average Bonchev–Trinajstić information content (AvgIpc) is 3.26. The number of aromatic amines is 1. The first kappa shape index (κ1) is 29.3. The monoisotopic (exact) mass is 519 g/mol. The van der Waals surface area contributed by atoms with E-state index >= 15 is 0 Å². The van der Waals surface area contributed by atoms with E-state index in [9.17, 15) is 9.59 Å². The fraction of sp³-hybridized carbons (Fsp3) is 0.500. The van der Waals surface area contributed by atoms with E-state index in [0.717, 1.165) is 23.3 Å².